The first-order valence-corrected chi connectivity index (χ1v) is 5.96. The maximum absolute atomic E-state index is 11.2. The molecule has 16 heavy (non-hydrogen) atoms. The van der Waals surface area contributed by atoms with E-state index in [2.05, 4.69) is 15.3 Å². The van der Waals surface area contributed by atoms with Gasteiger partial charge in [0.2, 0.25) is 5.91 Å². The van der Waals surface area contributed by atoms with E-state index in [-0.39, 0.29) is 5.91 Å². The Morgan fingerprint density at radius 3 is 2.69 bits per heavy atom. The van der Waals surface area contributed by atoms with Crippen LogP contribution in [0.5, 0.6) is 0 Å². The molecule has 1 amide bonds. The largest absolute Gasteiger partial charge is 0.368 e. The summed E-state index contributed by atoms with van der Waals surface area (Å²) < 4.78 is 0. The molecule has 0 aliphatic heterocycles. The molecule has 1 atom stereocenters. The van der Waals surface area contributed by atoms with Crippen molar-refractivity contribution in [2.75, 3.05) is 12.8 Å². The van der Waals surface area contributed by atoms with Gasteiger partial charge in [0.1, 0.15) is 0 Å². The fourth-order valence-electron chi connectivity index (χ4n) is 1.08. The van der Waals surface area contributed by atoms with E-state index in [9.17, 15) is 4.79 Å². The number of hydrogen-bond acceptors (Lipinski definition) is 5. The van der Waals surface area contributed by atoms with Gasteiger partial charge in [0, 0.05) is 18.1 Å². The molecule has 1 aromatic heterocycles. The Kier molecular flexibility index (Phi) is 4.70. The highest BCUT2D eigenvalue weighted by molar-refractivity contribution is 7.99. The van der Waals surface area contributed by atoms with Gasteiger partial charge in [-0.15, -0.1) is 0 Å². The first-order chi connectivity index (χ1) is 7.58. The van der Waals surface area contributed by atoms with Gasteiger partial charge in [-0.1, -0.05) is 11.8 Å². The van der Waals surface area contributed by atoms with Crippen molar-refractivity contribution in [3.8, 4) is 0 Å². The molecule has 1 heterocycles. The molecule has 6 heteroatoms. The topological polar surface area (TPSA) is 80.9 Å². The SMILES string of the molecule is CNC(C)(CCSc1ncccn1)C(N)=O. The highest BCUT2D eigenvalue weighted by Crippen LogP contribution is 2.17. The molecule has 1 rings (SSSR count). The molecule has 1 aromatic rings. The molecule has 88 valence electrons. The molecule has 5 nitrogen and oxygen atoms in total. The summed E-state index contributed by atoms with van der Waals surface area (Å²) >= 11 is 1.51. The van der Waals surface area contributed by atoms with Gasteiger partial charge in [0.05, 0.1) is 5.54 Å². The molecule has 0 aliphatic carbocycles. The Hall–Kier alpha value is -1.14. The standard InChI is InChI=1S/C10H16N4OS/c1-10(12-2,8(11)15)4-7-16-9-13-5-3-6-14-9/h3,5-6,12H,4,7H2,1-2H3,(H2,11,15). The van der Waals surface area contributed by atoms with Gasteiger partial charge in [-0.2, -0.15) is 0 Å². The van der Waals surface area contributed by atoms with E-state index in [1.807, 2.05) is 0 Å². The summed E-state index contributed by atoms with van der Waals surface area (Å²) in [5.74, 6) is 0.397. The van der Waals surface area contributed by atoms with Gasteiger partial charge in [-0.3, -0.25) is 4.79 Å². The molecule has 3 N–H and O–H groups in total. The van der Waals surface area contributed by atoms with E-state index >= 15 is 0 Å². The average molecular weight is 240 g/mol. The third kappa shape index (κ3) is 3.46. The molecule has 0 aliphatic rings. The van der Waals surface area contributed by atoms with E-state index < -0.39 is 5.54 Å². The highest BCUT2D eigenvalue weighted by Gasteiger charge is 2.28. The van der Waals surface area contributed by atoms with Crippen molar-refractivity contribution in [3.05, 3.63) is 18.5 Å². The Balaban J connectivity index is 2.43. The lowest BCUT2D eigenvalue weighted by molar-refractivity contribution is -0.123. The quantitative estimate of drug-likeness (QED) is 0.556. The lowest BCUT2D eigenvalue weighted by atomic mass is 9.99. The fraction of sp³-hybridized carbons (Fsp3) is 0.500. The number of carbonyl (C=O) groups is 1. The van der Waals surface area contributed by atoms with Crippen LogP contribution in [0.2, 0.25) is 0 Å². The lowest BCUT2D eigenvalue weighted by Gasteiger charge is -2.24. The number of nitrogens with two attached hydrogens (primary N) is 1. The summed E-state index contributed by atoms with van der Waals surface area (Å²) in [4.78, 5) is 19.4. The van der Waals surface area contributed by atoms with Crippen LogP contribution in [0, 0.1) is 0 Å². The number of rotatable bonds is 6. The Labute approximate surface area is 99.2 Å². The van der Waals surface area contributed by atoms with Crippen LogP contribution in [0.1, 0.15) is 13.3 Å². The van der Waals surface area contributed by atoms with Gasteiger partial charge in [0.25, 0.3) is 0 Å². The van der Waals surface area contributed by atoms with Crippen molar-refractivity contribution in [2.24, 2.45) is 5.73 Å². The molecule has 0 saturated carbocycles. The van der Waals surface area contributed by atoms with E-state index in [1.54, 1.807) is 32.4 Å². The van der Waals surface area contributed by atoms with Crippen molar-refractivity contribution < 1.29 is 4.79 Å². The third-order valence-corrected chi connectivity index (χ3v) is 3.35. The van der Waals surface area contributed by atoms with Crippen molar-refractivity contribution >= 4 is 17.7 Å². The van der Waals surface area contributed by atoms with Crippen LogP contribution < -0.4 is 11.1 Å². The first kappa shape index (κ1) is 12.9. The smallest absolute Gasteiger partial charge is 0.237 e. The number of nitrogens with zero attached hydrogens (tertiary/aromatic N) is 2. The monoisotopic (exact) mass is 240 g/mol. The molecule has 0 saturated heterocycles. The highest BCUT2D eigenvalue weighted by atomic mass is 32.2. The summed E-state index contributed by atoms with van der Waals surface area (Å²) in [5.41, 5.74) is 4.65. The Morgan fingerprint density at radius 1 is 1.56 bits per heavy atom. The second-order valence-corrected chi connectivity index (χ2v) is 4.64. The molecule has 0 aromatic carbocycles. The zero-order valence-electron chi connectivity index (χ0n) is 9.43. The predicted molar refractivity (Wildman–Crippen MR) is 64.0 cm³/mol. The molecule has 0 radical (unpaired) electrons. The zero-order valence-corrected chi connectivity index (χ0v) is 10.3. The van der Waals surface area contributed by atoms with E-state index in [4.69, 9.17) is 5.73 Å². The summed E-state index contributed by atoms with van der Waals surface area (Å²) in [5, 5.41) is 3.65. The number of likely N-dealkylation sites (N-methyl/N-ethyl adjacent to an activating group) is 1. The Morgan fingerprint density at radius 2 is 2.19 bits per heavy atom. The number of amides is 1. The van der Waals surface area contributed by atoms with Crippen LogP contribution in [0.25, 0.3) is 0 Å². The molecular weight excluding hydrogens is 224 g/mol. The van der Waals surface area contributed by atoms with E-state index in [0.29, 0.717) is 11.6 Å². The molecule has 1 unspecified atom stereocenters. The maximum Gasteiger partial charge on any atom is 0.237 e. The summed E-state index contributed by atoms with van der Waals surface area (Å²) in [7, 11) is 1.73. The van der Waals surface area contributed by atoms with Crippen molar-refractivity contribution in [1.29, 1.82) is 0 Å². The van der Waals surface area contributed by atoms with Crippen molar-refractivity contribution in [2.45, 2.75) is 24.0 Å². The van der Waals surface area contributed by atoms with Crippen LogP contribution in [0.3, 0.4) is 0 Å². The minimum Gasteiger partial charge on any atom is -0.368 e. The van der Waals surface area contributed by atoms with Crippen LogP contribution >= 0.6 is 11.8 Å². The number of carbonyl (C=O) groups excluding carboxylic acids is 1. The van der Waals surface area contributed by atoms with Crippen LogP contribution in [-0.2, 0) is 4.79 Å². The summed E-state index contributed by atoms with van der Waals surface area (Å²) in [6.07, 6.45) is 4.03. The fourth-order valence-corrected chi connectivity index (χ4v) is 2.04. The van der Waals surface area contributed by atoms with Crippen molar-refractivity contribution in [1.82, 2.24) is 15.3 Å². The number of primary amides is 1. The minimum absolute atomic E-state index is 0.343. The summed E-state index contributed by atoms with van der Waals surface area (Å²) in [6, 6.07) is 1.77. The van der Waals surface area contributed by atoms with Gasteiger partial charge < -0.3 is 11.1 Å². The predicted octanol–water partition coefficient (Wildman–Crippen LogP) is 0.422. The van der Waals surface area contributed by atoms with Crippen LogP contribution in [-0.4, -0.2) is 34.2 Å². The van der Waals surface area contributed by atoms with Crippen LogP contribution in [0.4, 0.5) is 0 Å². The van der Waals surface area contributed by atoms with Gasteiger partial charge in [-0.25, -0.2) is 9.97 Å². The number of thioether (sulfide) groups is 1. The number of aromatic nitrogens is 2. The average Bonchev–Trinajstić information content (AvgIpc) is 2.30. The molecule has 0 spiro atoms. The van der Waals surface area contributed by atoms with Gasteiger partial charge >= 0.3 is 0 Å². The maximum atomic E-state index is 11.2. The minimum atomic E-state index is -0.665. The number of nitrogens with one attached hydrogen (secondary N) is 1. The molecule has 0 fully saturated rings. The Bertz CT molecular complexity index is 346. The zero-order chi connectivity index (χ0) is 12.0. The lowest BCUT2D eigenvalue weighted by Crippen LogP contribution is -2.51. The third-order valence-electron chi connectivity index (χ3n) is 2.47. The van der Waals surface area contributed by atoms with E-state index in [0.717, 1.165) is 5.75 Å². The van der Waals surface area contributed by atoms with Crippen LogP contribution in [0.15, 0.2) is 23.6 Å². The number of hydrogen-bond donors (Lipinski definition) is 2. The first-order valence-electron chi connectivity index (χ1n) is 4.97. The summed E-state index contributed by atoms with van der Waals surface area (Å²) in [6.45, 7) is 1.79. The second-order valence-electron chi connectivity index (χ2n) is 3.58. The molecule has 0 bridgehead atoms. The second kappa shape index (κ2) is 5.81. The molecular formula is C10H16N4OS. The van der Waals surface area contributed by atoms with Gasteiger partial charge in [-0.05, 0) is 26.5 Å². The normalized spacial score (nSPS) is 14.4. The van der Waals surface area contributed by atoms with Crippen molar-refractivity contribution in [3.63, 3.8) is 0 Å². The van der Waals surface area contributed by atoms with E-state index in [1.165, 1.54) is 11.8 Å². The van der Waals surface area contributed by atoms with Gasteiger partial charge in [0.15, 0.2) is 5.16 Å².